The van der Waals surface area contributed by atoms with Gasteiger partial charge in [0.2, 0.25) is 0 Å². The van der Waals surface area contributed by atoms with Gasteiger partial charge < -0.3 is 54.6 Å². The summed E-state index contributed by atoms with van der Waals surface area (Å²) in [5.41, 5.74) is -0.530. The van der Waals surface area contributed by atoms with Gasteiger partial charge >= 0.3 is 11.8 Å². The number of fused-ring (bicyclic) bond motifs is 14. The van der Waals surface area contributed by atoms with Crippen LogP contribution in [0.4, 0.5) is 5.69 Å². The molecule has 3 aliphatic heterocycles. The maximum Gasteiger partial charge on any atom is 0.312 e. The number of hydrogen-bond acceptors (Lipinski definition) is 14. The van der Waals surface area contributed by atoms with Gasteiger partial charge in [0.1, 0.15) is 30.0 Å². The molecule has 0 fully saturated rings. The number of allylic oxidation sites excluding steroid dienone is 2. The lowest BCUT2D eigenvalue weighted by Crippen LogP contribution is -2.46. The van der Waals surface area contributed by atoms with Crippen LogP contribution >= 0.6 is 0 Å². The van der Waals surface area contributed by atoms with Gasteiger partial charge in [-0.3, -0.25) is 14.4 Å². The molecule has 3 heterocycles. The molecule has 15 nitrogen and oxygen atoms in total. The molecule has 15 heteroatoms. The molecule has 2 aromatic carbocycles. The van der Waals surface area contributed by atoms with Crippen LogP contribution in [0.25, 0.3) is 10.8 Å². The fourth-order valence-electron chi connectivity index (χ4n) is 8.49. The molecule has 9 atom stereocenters. The monoisotopic (exact) mass is 894 g/mol. The van der Waals surface area contributed by atoms with Crippen LogP contribution in [-0.4, -0.2) is 93.3 Å². The Bertz CT molecular complexity index is 2090. The largest absolute Gasteiger partial charge is 0.507 e. The SMILES string of the molecule is CCCCCCCCCCCON=Cc1c2c(O)c3c(O)c(C)c4c(c3c1O)C(=O)[C@@](C)(O/C=C/[C@H](OC)[C@H](C)[C@@H](OC(C)=O)[C@@H](C)[C@H](O)[C@H](C)[C@@H](O)[C@@H](C)/C=C/C=C(/C)C(=O)N2)O4. The van der Waals surface area contributed by atoms with Crippen molar-refractivity contribution in [3.63, 3.8) is 0 Å². The number of anilines is 1. The van der Waals surface area contributed by atoms with Gasteiger partial charge in [0.05, 0.1) is 53.0 Å². The number of aliphatic hydroxyl groups excluding tert-OH is 2. The number of oxime groups is 1. The molecular formula is C49H70N2O13. The first kappa shape index (κ1) is 51.5. The normalized spacial score (nSPS) is 28.7. The van der Waals surface area contributed by atoms with E-state index < -0.39 is 88.8 Å². The number of nitrogens with zero attached hydrogens (tertiary/aromatic N) is 1. The van der Waals surface area contributed by atoms with E-state index in [0.717, 1.165) is 31.9 Å². The van der Waals surface area contributed by atoms with Crippen molar-refractivity contribution in [2.45, 2.75) is 150 Å². The highest BCUT2D eigenvalue weighted by Gasteiger charge is 2.50. The van der Waals surface area contributed by atoms with Crippen molar-refractivity contribution in [1.82, 2.24) is 0 Å². The van der Waals surface area contributed by atoms with E-state index in [1.807, 2.05) is 0 Å². The molecule has 0 radical (unpaired) electrons. The van der Waals surface area contributed by atoms with E-state index in [4.69, 9.17) is 23.8 Å². The molecule has 2 aromatic rings. The summed E-state index contributed by atoms with van der Waals surface area (Å²) in [4.78, 5) is 46.1. The molecule has 5 bridgehead atoms. The number of aromatic hydroxyl groups is 3. The summed E-state index contributed by atoms with van der Waals surface area (Å²) >= 11 is 0. The molecule has 1 amide bonds. The fraction of sp³-hybridized carbons (Fsp3) is 0.592. The Morgan fingerprint density at radius 2 is 1.52 bits per heavy atom. The predicted octanol–water partition coefficient (Wildman–Crippen LogP) is 8.64. The molecule has 0 aromatic heterocycles. The van der Waals surface area contributed by atoms with Gasteiger partial charge in [0.25, 0.3) is 11.7 Å². The van der Waals surface area contributed by atoms with Crippen molar-refractivity contribution in [3.8, 4) is 23.0 Å². The van der Waals surface area contributed by atoms with Gasteiger partial charge in [-0.25, -0.2) is 0 Å². The third-order valence-corrected chi connectivity index (χ3v) is 12.6. The van der Waals surface area contributed by atoms with Crippen molar-refractivity contribution in [1.29, 1.82) is 0 Å². The smallest absolute Gasteiger partial charge is 0.312 e. The zero-order chi connectivity index (χ0) is 47.5. The molecule has 64 heavy (non-hydrogen) atoms. The van der Waals surface area contributed by atoms with Gasteiger partial charge in [-0.15, -0.1) is 0 Å². The number of esters is 1. The first-order valence-electron chi connectivity index (χ1n) is 22.6. The zero-order valence-corrected chi connectivity index (χ0v) is 39.1. The number of phenols is 3. The number of amides is 1. The Morgan fingerprint density at radius 1 is 0.875 bits per heavy atom. The van der Waals surface area contributed by atoms with Crippen molar-refractivity contribution in [3.05, 3.63) is 52.8 Å². The van der Waals surface area contributed by atoms with Gasteiger partial charge in [-0.2, -0.15) is 0 Å². The van der Waals surface area contributed by atoms with E-state index in [1.165, 1.54) is 85.3 Å². The number of unbranched alkanes of at least 4 members (excludes halogenated alkanes) is 8. The average Bonchev–Trinajstić information content (AvgIpc) is 3.52. The number of ketones is 1. The molecule has 0 spiro atoms. The minimum absolute atomic E-state index is 0.0438. The van der Waals surface area contributed by atoms with Crippen molar-refractivity contribution < 1.29 is 63.7 Å². The quantitative estimate of drug-likeness (QED) is 0.0261. The number of methoxy groups -OCH3 is 1. The van der Waals surface area contributed by atoms with Crippen molar-refractivity contribution in [2.75, 3.05) is 19.0 Å². The summed E-state index contributed by atoms with van der Waals surface area (Å²) in [6.45, 7) is 15.0. The van der Waals surface area contributed by atoms with E-state index >= 15 is 0 Å². The Labute approximate surface area is 377 Å². The highest BCUT2D eigenvalue weighted by Crippen LogP contribution is 2.55. The molecule has 0 saturated heterocycles. The van der Waals surface area contributed by atoms with Crippen LogP contribution in [0, 0.1) is 30.6 Å². The minimum atomic E-state index is -2.06. The van der Waals surface area contributed by atoms with E-state index in [9.17, 15) is 39.9 Å². The molecular weight excluding hydrogens is 825 g/mol. The van der Waals surface area contributed by atoms with Crippen LogP contribution in [0.3, 0.4) is 0 Å². The minimum Gasteiger partial charge on any atom is -0.507 e. The fourth-order valence-corrected chi connectivity index (χ4v) is 8.49. The van der Waals surface area contributed by atoms with E-state index in [1.54, 1.807) is 39.8 Å². The standard InChI is InChI=1S/C49H70N2O13/c1-11-12-13-14-15-16-17-18-19-24-62-50-26-34-39-44(57)37-36(43(34)56)38-46(32(7)42(37)55)64-49(9,47(38)58)61-25-23-35(60-10)29(4)45(63-33(8)52)31(6)41(54)30(5)40(53)27(2)21-20-22-28(3)48(59)51-39/h20-23,25-27,29-31,35,40-41,45,53-57H,11-19,24H2,1-10H3,(H,51,59)/b21-20+,25-23+,28-22-,50-26?/t27-,29-,30+,31-,35-,40-,41+,45+,49-/m0/s1. The number of hydrogen-bond donors (Lipinski definition) is 6. The molecule has 0 aliphatic carbocycles. The van der Waals surface area contributed by atoms with Crippen LogP contribution < -0.4 is 10.1 Å². The van der Waals surface area contributed by atoms with Crippen molar-refractivity contribution in [2.24, 2.45) is 28.8 Å². The summed E-state index contributed by atoms with van der Waals surface area (Å²) < 4.78 is 23.6. The van der Waals surface area contributed by atoms with Gasteiger partial charge in [-0.1, -0.05) is 103 Å². The summed E-state index contributed by atoms with van der Waals surface area (Å²) in [6.07, 6.45) is 14.6. The number of ether oxygens (including phenoxy) is 4. The van der Waals surface area contributed by atoms with Crippen LogP contribution in [-0.2, 0) is 28.6 Å². The van der Waals surface area contributed by atoms with E-state index in [2.05, 4.69) is 17.4 Å². The topological polar surface area (TPSA) is 223 Å². The number of phenolic OH excluding ortho intramolecular Hbond substituents is 3. The summed E-state index contributed by atoms with van der Waals surface area (Å²) in [5, 5.41) is 64.6. The number of nitrogens with one attached hydrogen (secondary N) is 1. The van der Waals surface area contributed by atoms with E-state index in [0.29, 0.717) is 0 Å². The van der Waals surface area contributed by atoms with Gasteiger partial charge in [0, 0.05) is 61.2 Å². The first-order valence-corrected chi connectivity index (χ1v) is 22.6. The molecule has 0 unspecified atom stereocenters. The number of carbonyl (C=O) groups is 3. The number of aliphatic hydroxyl groups is 2. The predicted molar refractivity (Wildman–Crippen MR) is 245 cm³/mol. The Hall–Kier alpha value is -5.12. The molecule has 354 valence electrons. The number of rotatable bonds is 14. The Kier molecular flexibility index (Phi) is 18.7. The van der Waals surface area contributed by atoms with Crippen LogP contribution in [0.15, 0.2) is 41.3 Å². The second-order valence-electron chi connectivity index (χ2n) is 17.5. The van der Waals surface area contributed by atoms with Crippen molar-refractivity contribution >= 4 is 40.3 Å². The Morgan fingerprint density at radius 3 is 2.14 bits per heavy atom. The Balaban J connectivity index is 1.82. The zero-order valence-electron chi connectivity index (χ0n) is 39.1. The lowest BCUT2D eigenvalue weighted by Gasteiger charge is -2.38. The maximum absolute atomic E-state index is 14.5. The number of Topliss-reactive ketones (excluding diaryl/α,β-unsaturated/α-hetero) is 1. The molecule has 3 aliphatic rings. The van der Waals surface area contributed by atoms with Gasteiger partial charge in [0.15, 0.2) is 5.75 Å². The highest BCUT2D eigenvalue weighted by atomic mass is 16.7. The van der Waals surface area contributed by atoms with Gasteiger partial charge in [-0.05, 0) is 32.8 Å². The first-order chi connectivity index (χ1) is 30.3. The highest BCUT2D eigenvalue weighted by molar-refractivity contribution is 6.23. The van der Waals surface area contributed by atoms with E-state index in [-0.39, 0.29) is 51.1 Å². The molecule has 6 N–H and O–H groups in total. The van der Waals surface area contributed by atoms with Crippen LogP contribution in [0.1, 0.15) is 135 Å². The lowest BCUT2D eigenvalue weighted by molar-refractivity contribution is -0.160. The third kappa shape index (κ3) is 11.8. The molecule has 5 rings (SSSR count). The second kappa shape index (κ2) is 23.2. The van der Waals surface area contributed by atoms with Crippen LogP contribution in [0.2, 0.25) is 0 Å². The average molecular weight is 895 g/mol. The summed E-state index contributed by atoms with van der Waals surface area (Å²) in [6, 6.07) is 0. The number of benzene rings is 2. The third-order valence-electron chi connectivity index (χ3n) is 12.6. The molecule has 0 saturated carbocycles. The van der Waals surface area contributed by atoms with Crippen LogP contribution in [0.5, 0.6) is 23.0 Å². The number of carbonyl (C=O) groups excluding carboxylic acids is 3. The second-order valence-corrected chi connectivity index (χ2v) is 17.5. The lowest BCUT2D eigenvalue weighted by atomic mass is 9.78. The maximum atomic E-state index is 14.5. The summed E-state index contributed by atoms with van der Waals surface area (Å²) in [7, 11) is 1.44. The summed E-state index contributed by atoms with van der Waals surface area (Å²) in [5.74, 6) is -8.54.